The quantitative estimate of drug-likeness (QED) is 0.364. The Hall–Kier alpha value is -1.36. The van der Waals surface area contributed by atoms with Crippen LogP contribution in [0, 0.1) is 0 Å². The summed E-state index contributed by atoms with van der Waals surface area (Å²) in [6.07, 6.45) is 1.42. The van der Waals surface area contributed by atoms with Crippen LogP contribution in [0.5, 0.6) is 0 Å². The topological polar surface area (TPSA) is 75.6 Å². The van der Waals surface area contributed by atoms with E-state index in [0.29, 0.717) is 18.7 Å². The van der Waals surface area contributed by atoms with Crippen molar-refractivity contribution in [2.24, 2.45) is 0 Å². The van der Waals surface area contributed by atoms with Gasteiger partial charge in [-0.1, -0.05) is 5.57 Å². The Balaban J connectivity index is 3.55. The number of rotatable bonds is 6. The van der Waals surface area contributed by atoms with Crippen LogP contribution in [0.15, 0.2) is 11.6 Å². The van der Waals surface area contributed by atoms with Crippen molar-refractivity contribution in [2.75, 3.05) is 20.2 Å². The van der Waals surface area contributed by atoms with Gasteiger partial charge in [-0.05, 0) is 6.92 Å². The van der Waals surface area contributed by atoms with Gasteiger partial charge in [0.05, 0.1) is 13.5 Å². The standard InChI is InChI=1S/C9H15NO4/c1-7(5-8(11)12)6-10-4-3-9(13)14-2/h5,10H,3-4,6H2,1-2H3,(H,11,12). The maximum Gasteiger partial charge on any atom is 0.328 e. The number of hydrogen-bond acceptors (Lipinski definition) is 4. The zero-order chi connectivity index (χ0) is 11.0. The molecule has 0 aliphatic heterocycles. The number of hydrogen-bond donors (Lipinski definition) is 2. The maximum atomic E-state index is 10.7. The number of carboxylic acids is 1. The highest BCUT2D eigenvalue weighted by molar-refractivity contribution is 5.80. The first kappa shape index (κ1) is 12.6. The van der Waals surface area contributed by atoms with Crippen molar-refractivity contribution >= 4 is 11.9 Å². The molecule has 0 heterocycles. The molecule has 5 heteroatoms. The van der Waals surface area contributed by atoms with E-state index in [0.717, 1.165) is 6.08 Å². The number of nitrogens with one attached hydrogen (secondary N) is 1. The second kappa shape index (κ2) is 7.08. The Morgan fingerprint density at radius 2 is 2.14 bits per heavy atom. The van der Waals surface area contributed by atoms with E-state index in [-0.39, 0.29) is 12.4 Å². The predicted octanol–water partition coefficient (Wildman–Crippen LogP) is 0.170. The van der Waals surface area contributed by atoms with Gasteiger partial charge in [0.15, 0.2) is 0 Å². The molecule has 0 aromatic carbocycles. The lowest BCUT2D eigenvalue weighted by Gasteiger charge is -2.03. The molecule has 2 N–H and O–H groups in total. The molecule has 0 amide bonds. The summed E-state index contributed by atoms with van der Waals surface area (Å²) in [7, 11) is 1.33. The van der Waals surface area contributed by atoms with Crippen molar-refractivity contribution in [3.05, 3.63) is 11.6 Å². The fourth-order valence-electron chi connectivity index (χ4n) is 0.840. The Morgan fingerprint density at radius 1 is 1.50 bits per heavy atom. The van der Waals surface area contributed by atoms with Gasteiger partial charge >= 0.3 is 11.9 Å². The minimum atomic E-state index is -0.961. The van der Waals surface area contributed by atoms with Crippen molar-refractivity contribution < 1.29 is 19.4 Å². The molecule has 5 nitrogen and oxygen atoms in total. The molecule has 0 atom stereocenters. The van der Waals surface area contributed by atoms with Gasteiger partial charge in [-0.25, -0.2) is 4.79 Å². The van der Waals surface area contributed by atoms with E-state index >= 15 is 0 Å². The molecule has 0 aromatic rings. The Bertz CT molecular complexity index is 235. The van der Waals surface area contributed by atoms with E-state index in [1.165, 1.54) is 7.11 Å². The molecule has 0 aromatic heterocycles. The second-order valence-electron chi connectivity index (χ2n) is 2.83. The molecule has 0 aliphatic rings. The van der Waals surface area contributed by atoms with Crippen molar-refractivity contribution in [1.82, 2.24) is 5.32 Å². The van der Waals surface area contributed by atoms with Gasteiger partial charge in [0.2, 0.25) is 0 Å². The van der Waals surface area contributed by atoms with Gasteiger partial charge in [0, 0.05) is 19.2 Å². The van der Waals surface area contributed by atoms with Crippen LogP contribution in [-0.2, 0) is 14.3 Å². The van der Waals surface area contributed by atoms with Gasteiger partial charge < -0.3 is 15.2 Å². The van der Waals surface area contributed by atoms with Crippen LogP contribution >= 0.6 is 0 Å². The largest absolute Gasteiger partial charge is 0.478 e. The first-order valence-electron chi connectivity index (χ1n) is 4.24. The number of carbonyl (C=O) groups is 2. The predicted molar refractivity (Wildman–Crippen MR) is 50.9 cm³/mol. The number of esters is 1. The summed E-state index contributed by atoms with van der Waals surface area (Å²) < 4.78 is 4.43. The summed E-state index contributed by atoms with van der Waals surface area (Å²) >= 11 is 0. The first-order chi connectivity index (χ1) is 6.56. The summed E-state index contributed by atoms with van der Waals surface area (Å²) in [4.78, 5) is 20.9. The molecule has 14 heavy (non-hydrogen) atoms. The maximum absolute atomic E-state index is 10.7. The monoisotopic (exact) mass is 201 g/mol. The third kappa shape index (κ3) is 7.30. The molecule has 0 rings (SSSR count). The highest BCUT2D eigenvalue weighted by Crippen LogP contribution is 1.89. The molecular formula is C9H15NO4. The molecule has 0 saturated carbocycles. The van der Waals surface area contributed by atoms with Gasteiger partial charge in [-0.2, -0.15) is 0 Å². The van der Waals surface area contributed by atoms with Gasteiger partial charge in [0.25, 0.3) is 0 Å². The normalized spacial score (nSPS) is 11.1. The lowest BCUT2D eigenvalue weighted by molar-refractivity contribution is -0.140. The van der Waals surface area contributed by atoms with Crippen LogP contribution in [0.4, 0.5) is 0 Å². The van der Waals surface area contributed by atoms with E-state index < -0.39 is 5.97 Å². The summed E-state index contributed by atoms with van der Waals surface area (Å²) in [6.45, 7) is 2.65. The minimum absolute atomic E-state index is 0.280. The SMILES string of the molecule is COC(=O)CCNCC(C)=CC(=O)O. The minimum Gasteiger partial charge on any atom is -0.478 e. The molecule has 80 valence electrons. The fourth-order valence-corrected chi connectivity index (χ4v) is 0.840. The van der Waals surface area contributed by atoms with Crippen molar-refractivity contribution in [2.45, 2.75) is 13.3 Å². The van der Waals surface area contributed by atoms with Gasteiger partial charge in [0.1, 0.15) is 0 Å². The van der Waals surface area contributed by atoms with Crippen molar-refractivity contribution in [3.63, 3.8) is 0 Å². The molecule has 0 radical (unpaired) electrons. The third-order valence-electron chi connectivity index (χ3n) is 1.51. The first-order valence-corrected chi connectivity index (χ1v) is 4.24. The molecule has 0 fully saturated rings. The number of methoxy groups -OCH3 is 1. The average Bonchev–Trinajstić information content (AvgIpc) is 2.10. The summed E-state index contributed by atoms with van der Waals surface area (Å²) in [5.74, 6) is -1.24. The molecule has 0 bridgehead atoms. The van der Waals surface area contributed by atoms with E-state index in [2.05, 4.69) is 10.1 Å². The lowest BCUT2D eigenvalue weighted by atomic mass is 10.3. The molecular weight excluding hydrogens is 186 g/mol. The number of aliphatic carboxylic acids is 1. The van der Waals surface area contributed by atoms with Crippen LogP contribution in [0.25, 0.3) is 0 Å². The molecule has 0 unspecified atom stereocenters. The average molecular weight is 201 g/mol. The summed E-state index contributed by atoms with van der Waals surface area (Å²) in [5, 5.41) is 11.3. The van der Waals surface area contributed by atoms with Gasteiger partial charge in [-0.15, -0.1) is 0 Å². The summed E-state index contributed by atoms with van der Waals surface area (Å²) in [6, 6.07) is 0. The van der Waals surface area contributed by atoms with Crippen LogP contribution in [0.1, 0.15) is 13.3 Å². The Labute approximate surface area is 82.7 Å². The Kier molecular flexibility index (Phi) is 6.39. The summed E-state index contributed by atoms with van der Waals surface area (Å²) in [5.41, 5.74) is 0.711. The Morgan fingerprint density at radius 3 is 2.64 bits per heavy atom. The van der Waals surface area contributed by atoms with E-state index in [4.69, 9.17) is 5.11 Å². The zero-order valence-corrected chi connectivity index (χ0v) is 8.37. The third-order valence-corrected chi connectivity index (χ3v) is 1.51. The highest BCUT2D eigenvalue weighted by atomic mass is 16.5. The number of carbonyl (C=O) groups excluding carboxylic acids is 1. The second-order valence-corrected chi connectivity index (χ2v) is 2.83. The highest BCUT2D eigenvalue weighted by Gasteiger charge is 1.99. The lowest BCUT2D eigenvalue weighted by Crippen LogP contribution is -2.20. The smallest absolute Gasteiger partial charge is 0.328 e. The fraction of sp³-hybridized carbons (Fsp3) is 0.556. The van der Waals surface area contributed by atoms with E-state index in [1.807, 2.05) is 0 Å². The van der Waals surface area contributed by atoms with Crippen LogP contribution in [-0.4, -0.2) is 37.2 Å². The molecule has 0 aliphatic carbocycles. The number of carboxylic acid groups (broad SMARTS) is 1. The van der Waals surface area contributed by atoms with Crippen LogP contribution in [0.3, 0.4) is 0 Å². The van der Waals surface area contributed by atoms with Gasteiger partial charge in [-0.3, -0.25) is 4.79 Å². The van der Waals surface area contributed by atoms with E-state index in [9.17, 15) is 9.59 Å². The van der Waals surface area contributed by atoms with Crippen LogP contribution in [0.2, 0.25) is 0 Å². The molecule has 0 spiro atoms. The number of ether oxygens (including phenoxy) is 1. The van der Waals surface area contributed by atoms with Crippen LogP contribution < -0.4 is 5.32 Å². The van der Waals surface area contributed by atoms with Crippen molar-refractivity contribution in [1.29, 1.82) is 0 Å². The van der Waals surface area contributed by atoms with E-state index in [1.54, 1.807) is 6.92 Å². The zero-order valence-electron chi connectivity index (χ0n) is 8.37. The van der Waals surface area contributed by atoms with Crippen molar-refractivity contribution in [3.8, 4) is 0 Å². The molecule has 0 saturated heterocycles.